The molecule has 0 fully saturated rings. The van der Waals surface area contributed by atoms with Gasteiger partial charge in [-0.15, -0.1) is 0 Å². The topological polar surface area (TPSA) is 84.9 Å². The summed E-state index contributed by atoms with van der Waals surface area (Å²) >= 11 is 0. The van der Waals surface area contributed by atoms with Gasteiger partial charge in [-0.25, -0.2) is 9.59 Å². The Morgan fingerprint density at radius 1 is 1.07 bits per heavy atom. The molecule has 148 valence electrons. The Balaban J connectivity index is 1.60. The average molecular weight is 387 g/mol. The van der Waals surface area contributed by atoms with Crippen molar-refractivity contribution in [1.82, 2.24) is 5.32 Å². The molecule has 0 saturated carbocycles. The molecule has 1 aliphatic rings. The van der Waals surface area contributed by atoms with E-state index in [9.17, 15) is 19.1 Å². The summed E-state index contributed by atoms with van der Waals surface area (Å²) in [5.41, 5.74) is 4.36. The van der Waals surface area contributed by atoms with Crippen LogP contribution >= 0.6 is 0 Å². The van der Waals surface area contributed by atoms with E-state index in [0.717, 1.165) is 22.3 Å². The van der Waals surface area contributed by atoms with Gasteiger partial charge in [-0.3, -0.25) is 4.39 Å². The Morgan fingerprint density at radius 3 is 2.25 bits per heavy atom. The number of hydrogen-bond donors (Lipinski definition) is 2. The van der Waals surface area contributed by atoms with Crippen molar-refractivity contribution in [2.45, 2.75) is 18.4 Å². The number of benzene rings is 2. The molecule has 0 spiro atoms. The first-order chi connectivity index (χ1) is 13.6. The fraction of sp³-hybridized carbons (Fsp3) is 0.333. The van der Waals surface area contributed by atoms with Crippen molar-refractivity contribution in [2.24, 2.45) is 0 Å². The summed E-state index contributed by atoms with van der Waals surface area (Å²) in [5, 5.41) is 11.5. The number of ether oxygens (including phenoxy) is 2. The second-order valence-electron chi connectivity index (χ2n) is 6.48. The van der Waals surface area contributed by atoms with E-state index < -0.39 is 24.8 Å². The largest absolute Gasteiger partial charge is 0.480 e. The number of rotatable bonds is 9. The van der Waals surface area contributed by atoms with Crippen molar-refractivity contribution >= 4 is 12.1 Å². The highest BCUT2D eigenvalue weighted by Gasteiger charge is 2.29. The Labute approximate surface area is 162 Å². The molecule has 0 aliphatic heterocycles. The van der Waals surface area contributed by atoms with Crippen molar-refractivity contribution in [3.05, 3.63) is 59.7 Å². The van der Waals surface area contributed by atoms with Gasteiger partial charge >= 0.3 is 12.1 Å². The number of carbonyl (C=O) groups is 2. The molecule has 0 unspecified atom stereocenters. The first-order valence-corrected chi connectivity index (χ1v) is 9.10. The van der Waals surface area contributed by atoms with Gasteiger partial charge in [0.25, 0.3) is 0 Å². The molecule has 0 aromatic heterocycles. The van der Waals surface area contributed by atoms with E-state index in [1.807, 2.05) is 48.5 Å². The minimum atomic E-state index is -1.25. The van der Waals surface area contributed by atoms with Gasteiger partial charge in [0.05, 0.1) is 13.3 Å². The standard InChI is InChI=1S/C21H22FNO5/c22-10-5-11-27-13-19(20(24)25)23-21(26)28-12-18-16-8-3-1-6-14(16)15-7-2-4-9-17(15)18/h1-4,6-9,18-19H,5,10-13H2,(H,23,26)(H,24,25)/t19-/m0/s1. The zero-order valence-corrected chi connectivity index (χ0v) is 15.3. The van der Waals surface area contributed by atoms with Crippen LogP contribution in [0.3, 0.4) is 0 Å². The lowest BCUT2D eigenvalue weighted by atomic mass is 9.98. The molecule has 6 nitrogen and oxygen atoms in total. The van der Waals surface area contributed by atoms with Gasteiger partial charge in [0.1, 0.15) is 6.61 Å². The third kappa shape index (κ3) is 4.48. The number of alkyl carbamates (subject to hydrolysis) is 1. The predicted octanol–water partition coefficient (Wildman–Crippen LogP) is 3.35. The molecule has 0 heterocycles. The Bertz CT molecular complexity index is 796. The lowest BCUT2D eigenvalue weighted by Gasteiger charge is -2.17. The molecule has 1 atom stereocenters. The zero-order chi connectivity index (χ0) is 19.9. The van der Waals surface area contributed by atoms with Crippen molar-refractivity contribution < 1.29 is 28.6 Å². The number of alkyl halides is 1. The van der Waals surface area contributed by atoms with Crippen LogP contribution in [0.4, 0.5) is 9.18 Å². The van der Waals surface area contributed by atoms with Gasteiger partial charge in [-0.05, 0) is 28.7 Å². The number of halogens is 1. The van der Waals surface area contributed by atoms with Crippen LogP contribution in [0, 0.1) is 0 Å². The number of hydrogen-bond acceptors (Lipinski definition) is 4. The van der Waals surface area contributed by atoms with Gasteiger partial charge in [0.15, 0.2) is 6.04 Å². The molecule has 28 heavy (non-hydrogen) atoms. The Kier molecular flexibility index (Phi) is 6.60. The quantitative estimate of drug-likeness (QED) is 0.645. The third-order valence-electron chi connectivity index (χ3n) is 4.64. The number of carboxylic acids is 1. The molecule has 2 aromatic carbocycles. The van der Waals surface area contributed by atoms with Crippen LogP contribution in [-0.2, 0) is 14.3 Å². The van der Waals surface area contributed by atoms with Crippen LogP contribution in [0.15, 0.2) is 48.5 Å². The second-order valence-corrected chi connectivity index (χ2v) is 6.48. The van der Waals surface area contributed by atoms with Crippen molar-refractivity contribution in [3.8, 4) is 11.1 Å². The van der Waals surface area contributed by atoms with E-state index in [1.165, 1.54) is 0 Å². The van der Waals surface area contributed by atoms with Crippen molar-refractivity contribution in [2.75, 3.05) is 26.5 Å². The molecule has 0 radical (unpaired) electrons. The summed E-state index contributed by atoms with van der Waals surface area (Å²) in [7, 11) is 0. The number of carbonyl (C=O) groups excluding carboxylic acids is 1. The Morgan fingerprint density at radius 2 is 1.68 bits per heavy atom. The maximum Gasteiger partial charge on any atom is 0.407 e. The van der Waals surface area contributed by atoms with Gasteiger partial charge in [0, 0.05) is 12.5 Å². The summed E-state index contributed by atoms with van der Waals surface area (Å²) in [6.45, 7) is -0.612. The fourth-order valence-corrected chi connectivity index (χ4v) is 3.31. The lowest BCUT2D eigenvalue weighted by Crippen LogP contribution is -2.44. The molecule has 0 bridgehead atoms. The normalized spacial score (nSPS) is 13.5. The van der Waals surface area contributed by atoms with E-state index in [4.69, 9.17) is 9.47 Å². The molecular formula is C21H22FNO5. The highest BCUT2D eigenvalue weighted by molar-refractivity contribution is 5.81. The average Bonchev–Trinajstić information content (AvgIpc) is 3.02. The monoisotopic (exact) mass is 387 g/mol. The second kappa shape index (κ2) is 9.32. The minimum absolute atomic E-state index is 0.0899. The van der Waals surface area contributed by atoms with Crippen LogP contribution in [0.2, 0.25) is 0 Å². The molecule has 0 saturated heterocycles. The molecular weight excluding hydrogens is 365 g/mol. The summed E-state index contributed by atoms with van der Waals surface area (Å²) in [6.07, 6.45) is -0.652. The minimum Gasteiger partial charge on any atom is -0.480 e. The van der Waals surface area contributed by atoms with E-state index in [1.54, 1.807) is 0 Å². The summed E-state index contributed by atoms with van der Waals surface area (Å²) in [5.74, 6) is -1.35. The number of fused-ring (bicyclic) bond motifs is 3. The van der Waals surface area contributed by atoms with Crippen LogP contribution in [-0.4, -0.2) is 49.7 Å². The fourth-order valence-electron chi connectivity index (χ4n) is 3.31. The van der Waals surface area contributed by atoms with Gasteiger partial charge in [-0.2, -0.15) is 0 Å². The van der Waals surface area contributed by atoms with Crippen LogP contribution < -0.4 is 5.32 Å². The van der Waals surface area contributed by atoms with E-state index in [-0.39, 0.29) is 32.2 Å². The Hall–Kier alpha value is -2.93. The molecule has 2 aromatic rings. The first-order valence-electron chi connectivity index (χ1n) is 9.10. The van der Waals surface area contributed by atoms with Crippen LogP contribution in [0.25, 0.3) is 11.1 Å². The molecule has 7 heteroatoms. The highest BCUT2D eigenvalue weighted by Crippen LogP contribution is 2.44. The molecule has 1 amide bonds. The first kappa shape index (κ1) is 19.8. The SMILES string of the molecule is O=C(N[C@@H](COCCCF)C(=O)O)OCC1c2ccccc2-c2ccccc21. The predicted molar refractivity (Wildman–Crippen MR) is 101 cm³/mol. The van der Waals surface area contributed by atoms with Gasteiger partial charge in [-0.1, -0.05) is 48.5 Å². The highest BCUT2D eigenvalue weighted by atomic mass is 19.1. The van der Waals surface area contributed by atoms with Crippen molar-refractivity contribution in [3.63, 3.8) is 0 Å². The number of carboxylic acid groups (broad SMARTS) is 1. The van der Waals surface area contributed by atoms with Crippen LogP contribution in [0.5, 0.6) is 0 Å². The van der Waals surface area contributed by atoms with Gasteiger partial charge < -0.3 is 19.9 Å². The van der Waals surface area contributed by atoms with E-state index >= 15 is 0 Å². The third-order valence-corrected chi connectivity index (χ3v) is 4.64. The van der Waals surface area contributed by atoms with Crippen LogP contribution in [0.1, 0.15) is 23.5 Å². The number of amides is 1. The molecule has 3 rings (SSSR count). The lowest BCUT2D eigenvalue weighted by molar-refractivity contribution is -0.141. The molecule has 1 aliphatic carbocycles. The van der Waals surface area contributed by atoms with E-state index in [0.29, 0.717) is 0 Å². The maximum atomic E-state index is 12.1. The zero-order valence-electron chi connectivity index (χ0n) is 15.3. The number of aliphatic carboxylic acids is 1. The summed E-state index contributed by atoms with van der Waals surface area (Å²) in [6, 6.07) is 14.6. The van der Waals surface area contributed by atoms with Crippen molar-refractivity contribution in [1.29, 1.82) is 0 Å². The van der Waals surface area contributed by atoms with Gasteiger partial charge in [0.2, 0.25) is 0 Å². The maximum absolute atomic E-state index is 12.1. The number of nitrogens with one attached hydrogen (secondary N) is 1. The summed E-state index contributed by atoms with van der Waals surface area (Å²) < 4.78 is 22.5. The summed E-state index contributed by atoms with van der Waals surface area (Å²) in [4.78, 5) is 23.4. The molecule has 2 N–H and O–H groups in total. The van der Waals surface area contributed by atoms with E-state index in [2.05, 4.69) is 5.32 Å². The smallest absolute Gasteiger partial charge is 0.407 e.